The Kier molecular flexibility index (Phi) is 5.56. The van der Waals surface area contributed by atoms with Gasteiger partial charge in [-0.25, -0.2) is 0 Å². The molecular formula is C16H24N2O2. The fourth-order valence-electron chi connectivity index (χ4n) is 2.74. The predicted molar refractivity (Wildman–Crippen MR) is 79.7 cm³/mol. The van der Waals surface area contributed by atoms with Gasteiger partial charge in [-0.15, -0.1) is 0 Å². The molecule has 1 fully saturated rings. The summed E-state index contributed by atoms with van der Waals surface area (Å²) in [5, 5.41) is 12.4. The molecule has 0 spiro atoms. The van der Waals surface area contributed by atoms with E-state index in [2.05, 4.69) is 17.3 Å². The van der Waals surface area contributed by atoms with E-state index in [1.165, 1.54) is 25.9 Å². The number of carboxylic acids is 1. The van der Waals surface area contributed by atoms with Gasteiger partial charge >= 0.3 is 5.97 Å². The zero-order valence-corrected chi connectivity index (χ0v) is 12.1. The Hall–Kier alpha value is -1.39. The standard InChI is InChI=1S/C16H24N2O2/c1-18-8-6-13(7-9-18)11-17-12-15-5-3-2-4-14(15)10-16(19)20/h2-5,13,17H,6-12H2,1H3,(H,19,20). The summed E-state index contributed by atoms with van der Waals surface area (Å²) in [5.74, 6) is -0.0226. The molecule has 2 N–H and O–H groups in total. The van der Waals surface area contributed by atoms with Gasteiger partial charge in [0.15, 0.2) is 0 Å². The second-order valence-corrected chi connectivity index (χ2v) is 5.72. The number of hydrogen-bond donors (Lipinski definition) is 2. The number of carboxylic acid groups (broad SMARTS) is 1. The van der Waals surface area contributed by atoms with Crippen molar-refractivity contribution in [2.45, 2.75) is 25.8 Å². The molecule has 0 aliphatic carbocycles. The SMILES string of the molecule is CN1CCC(CNCc2ccccc2CC(=O)O)CC1. The monoisotopic (exact) mass is 276 g/mol. The quantitative estimate of drug-likeness (QED) is 0.831. The minimum atomic E-state index is -0.771. The van der Waals surface area contributed by atoms with E-state index in [-0.39, 0.29) is 6.42 Å². The van der Waals surface area contributed by atoms with E-state index in [4.69, 9.17) is 5.11 Å². The first-order valence-corrected chi connectivity index (χ1v) is 7.33. The highest BCUT2D eigenvalue weighted by Gasteiger charge is 2.16. The van der Waals surface area contributed by atoms with Gasteiger partial charge in [0.1, 0.15) is 0 Å². The Balaban J connectivity index is 1.80. The normalized spacial score (nSPS) is 17.2. The molecule has 1 aromatic carbocycles. The van der Waals surface area contributed by atoms with Crippen LogP contribution < -0.4 is 5.32 Å². The van der Waals surface area contributed by atoms with Crippen LogP contribution in [0, 0.1) is 5.92 Å². The average molecular weight is 276 g/mol. The number of rotatable bonds is 6. The van der Waals surface area contributed by atoms with Crippen molar-refractivity contribution in [1.29, 1.82) is 0 Å². The molecule has 1 aromatic rings. The summed E-state index contributed by atoms with van der Waals surface area (Å²) >= 11 is 0. The van der Waals surface area contributed by atoms with Gasteiger partial charge in [-0.05, 0) is 56.6 Å². The molecule has 2 rings (SSSR count). The Morgan fingerprint density at radius 3 is 2.60 bits per heavy atom. The van der Waals surface area contributed by atoms with Crippen molar-refractivity contribution >= 4 is 5.97 Å². The molecule has 0 aromatic heterocycles. The number of aliphatic carboxylic acids is 1. The van der Waals surface area contributed by atoms with Crippen LogP contribution in [-0.4, -0.2) is 42.7 Å². The summed E-state index contributed by atoms with van der Waals surface area (Å²) < 4.78 is 0. The summed E-state index contributed by atoms with van der Waals surface area (Å²) in [4.78, 5) is 13.2. The molecule has 1 aliphatic rings. The van der Waals surface area contributed by atoms with Gasteiger partial charge in [-0.2, -0.15) is 0 Å². The fraction of sp³-hybridized carbons (Fsp3) is 0.562. The lowest BCUT2D eigenvalue weighted by Gasteiger charge is -2.29. The topological polar surface area (TPSA) is 52.6 Å². The molecule has 4 nitrogen and oxygen atoms in total. The molecular weight excluding hydrogens is 252 g/mol. The first-order chi connectivity index (χ1) is 9.65. The van der Waals surface area contributed by atoms with Gasteiger partial charge < -0.3 is 15.3 Å². The highest BCUT2D eigenvalue weighted by molar-refractivity contribution is 5.70. The first-order valence-electron chi connectivity index (χ1n) is 7.33. The van der Waals surface area contributed by atoms with E-state index >= 15 is 0 Å². The van der Waals surface area contributed by atoms with Crippen molar-refractivity contribution in [1.82, 2.24) is 10.2 Å². The van der Waals surface area contributed by atoms with Crippen LogP contribution in [0.3, 0.4) is 0 Å². The van der Waals surface area contributed by atoms with Crippen LogP contribution in [0.4, 0.5) is 0 Å². The lowest BCUT2D eigenvalue weighted by atomic mass is 9.97. The largest absolute Gasteiger partial charge is 0.481 e. The van der Waals surface area contributed by atoms with Gasteiger partial charge in [-0.3, -0.25) is 4.79 Å². The smallest absolute Gasteiger partial charge is 0.307 e. The predicted octanol–water partition coefficient (Wildman–Crippen LogP) is 1.75. The Morgan fingerprint density at radius 2 is 1.95 bits per heavy atom. The lowest BCUT2D eigenvalue weighted by molar-refractivity contribution is -0.136. The zero-order chi connectivity index (χ0) is 14.4. The van der Waals surface area contributed by atoms with Gasteiger partial charge in [0.25, 0.3) is 0 Å². The van der Waals surface area contributed by atoms with Crippen LogP contribution in [0.1, 0.15) is 24.0 Å². The lowest BCUT2D eigenvalue weighted by Crippen LogP contribution is -2.34. The fourth-order valence-corrected chi connectivity index (χ4v) is 2.74. The number of piperidine rings is 1. The maximum atomic E-state index is 10.8. The van der Waals surface area contributed by atoms with Crippen molar-refractivity contribution in [3.05, 3.63) is 35.4 Å². The van der Waals surface area contributed by atoms with Gasteiger partial charge in [-0.1, -0.05) is 24.3 Å². The Morgan fingerprint density at radius 1 is 1.30 bits per heavy atom. The van der Waals surface area contributed by atoms with E-state index in [9.17, 15) is 4.79 Å². The van der Waals surface area contributed by atoms with Crippen LogP contribution in [0.5, 0.6) is 0 Å². The molecule has 1 heterocycles. The summed E-state index contributed by atoms with van der Waals surface area (Å²) in [6.45, 7) is 4.15. The second-order valence-electron chi connectivity index (χ2n) is 5.72. The van der Waals surface area contributed by atoms with E-state index in [1.54, 1.807) is 0 Å². The maximum Gasteiger partial charge on any atom is 0.307 e. The van der Waals surface area contributed by atoms with Crippen molar-refractivity contribution in [3.63, 3.8) is 0 Å². The van der Waals surface area contributed by atoms with E-state index in [0.29, 0.717) is 0 Å². The van der Waals surface area contributed by atoms with Crippen molar-refractivity contribution in [2.75, 3.05) is 26.7 Å². The average Bonchev–Trinajstić information content (AvgIpc) is 2.42. The molecule has 0 bridgehead atoms. The minimum absolute atomic E-state index is 0.103. The van der Waals surface area contributed by atoms with Crippen LogP contribution >= 0.6 is 0 Å². The number of benzene rings is 1. The summed E-state index contributed by atoms with van der Waals surface area (Å²) in [7, 11) is 2.17. The Bertz CT molecular complexity index is 440. The van der Waals surface area contributed by atoms with Gasteiger partial charge in [0.05, 0.1) is 6.42 Å². The second kappa shape index (κ2) is 7.41. The summed E-state index contributed by atoms with van der Waals surface area (Å²) in [6, 6.07) is 7.79. The molecule has 0 unspecified atom stereocenters. The molecule has 0 atom stereocenters. The summed E-state index contributed by atoms with van der Waals surface area (Å²) in [5.41, 5.74) is 2.01. The highest BCUT2D eigenvalue weighted by atomic mass is 16.4. The third-order valence-corrected chi connectivity index (χ3v) is 4.05. The highest BCUT2D eigenvalue weighted by Crippen LogP contribution is 2.15. The summed E-state index contributed by atoms with van der Waals surface area (Å²) in [6.07, 6.45) is 2.60. The zero-order valence-electron chi connectivity index (χ0n) is 12.1. The van der Waals surface area contributed by atoms with Crippen LogP contribution in [-0.2, 0) is 17.8 Å². The van der Waals surface area contributed by atoms with Gasteiger partial charge in [0.2, 0.25) is 0 Å². The molecule has 110 valence electrons. The number of nitrogens with zero attached hydrogens (tertiary/aromatic N) is 1. The molecule has 1 aliphatic heterocycles. The first kappa shape index (κ1) is 15.0. The Labute approximate surface area is 120 Å². The van der Waals surface area contributed by atoms with Gasteiger partial charge in [0, 0.05) is 6.54 Å². The molecule has 0 radical (unpaired) electrons. The van der Waals surface area contributed by atoms with Crippen LogP contribution in [0.25, 0.3) is 0 Å². The molecule has 4 heteroatoms. The molecule has 20 heavy (non-hydrogen) atoms. The molecule has 1 saturated heterocycles. The number of carbonyl (C=O) groups is 1. The van der Waals surface area contributed by atoms with Crippen molar-refractivity contribution in [2.24, 2.45) is 5.92 Å². The number of hydrogen-bond acceptors (Lipinski definition) is 3. The minimum Gasteiger partial charge on any atom is -0.481 e. The van der Waals surface area contributed by atoms with Crippen LogP contribution in [0.15, 0.2) is 24.3 Å². The van der Waals surface area contributed by atoms with Crippen LogP contribution in [0.2, 0.25) is 0 Å². The molecule has 0 saturated carbocycles. The van der Waals surface area contributed by atoms with Crippen molar-refractivity contribution < 1.29 is 9.90 Å². The number of likely N-dealkylation sites (tertiary alicyclic amines) is 1. The number of nitrogens with one attached hydrogen (secondary N) is 1. The van der Waals surface area contributed by atoms with E-state index < -0.39 is 5.97 Å². The third-order valence-electron chi connectivity index (χ3n) is 4.05. The molecule has 0 amide bonds. The third kappa shape index (κ3) is 4.62. The maximum absolute atomic E-state index is 10.8. The van der Waals surface area contributed by atoms with E-state index in [1.807, 2.05) is 24.3 Å². The van der Waals surface area contributed by atoms with E-state index in [0.717, 1.165) is 30.1 Å². The van der Waals surface area contributed by atoms with Crippen molar-refractivity contribution in [3.8, 4) is 0 Å².